The Hall–Kier alpha value is -0.120. The number of nitrogens with one attached hydrogen (secondary N) is 1. The van der Waals surface area contributed by atoms with Crippen LogP contribution in [0.5, 0.6) is 0 Å². The van der Waals surface area contributed by atoms with Gasteiger partial charge in [-0.1, -0.05) is 26.7 Å². The Balaban J connectivity index is 2.13. The van der Waals surface area contributed by atoms with Gasteiger partial charge in [-0.15, -0.1) is 0 Å². The number of nitrogens with zero attached hydrogens (tertiary/aromatic N) is 1. The molecule has 1 aliphatic rings. The first-order chi connectivity index (χ1) is 8.99. The molecule has 0 aromatic rings. The van der Waals surface area contributed by atoms with E-state index in [-0.39, 0.29) is 0 Å². The normalized spacial score (nSPS) is 23.2. The van der Waals surface area contributed by atoms with Crippen molar-refractivity contribution in [3.05, 3.63) is 0 Å². The van der Waals surface area contributed by atoms with Crippen molar-refractivity contribution < 1.29 is 4.74 Å². The van der Waals surface area contributed by atoms with Crippen LogP contribution in [0.4, 0.5) is 0 Å². The largest absolute Gasteiger partial charge is 0.374 e. The number of hydrogen-bond donors (Lipinski definition) is 1. The average Bonchev–Trinajstić information content (AvgIpc) is 2.36. The summed E-state index contributed by atoms with van der Waals surface area (Å²) < 4.78 is 5.85. The molecule has 3 nitrogen and oxygen atoms in total. The molecule has 114 valence electrons. The second kappa shape index (κ2) is 8.93. The highest BCUT2D eigenvalue weighted by atomic mass is 16.5. The molecule has 0 saturated carbocycles. The van der Waals surface area contributed by atoms with Crippen molar-refractivity contribution in [2.75, 3.05) is 26.2 Å². The van der Waals surface area contributed by atoms with E-state index in [1.165, 1.54) is 19.3 Å². The molecule has 0 aromatic carbocycles. The predicted molar refractivity (Wildman–Crippen MR) is 82.6 cm³/mol. The van der Waals surface area contributed by atoms with Gasteiger partial charge >= 0.3 is 0 Å². The van der Waals surface area contributed by atoms with E-state index < -0.39 is 0 Å². The quantitative estimate of drug-likeness (QED) is 0.734. The maximum atomic E-state index is 5.85. The zero-order valence-electron chi connectivity index (χ0n) is 13.6. The summed E-state index contributed by atoms with van der Waals surface area (Å²) in [4.78, 5) is 2.51. The first-order valence-corrected chi connectivity index (χ1v) is 8.08. The van der Waals surface area contributed by atoms with Gasteiger partial charge in [0.05, 0.1) is 12.7 Å². The minimum atomic E-state index is 0.365. The number of hydrogen-bond acceptors (Lipinski definition) is 3. The summed E-state index contributed by atoms with van der Waals surface area (Å²) in [6.45, 7) is 15.5. The lowest BCUT2D eigenvalue weighted by atomic mass is 10.0. The Kier molecular flexibility index (Phi) is 7.96. The molecule has 0 bridgehead atoms. The highest BCUT2D eigenvalue weighted by molar-refractivity contribution is 4.76. The summed E-state index contributed by atoms with van der Waals surface area (Å²) in [5, 5.41) is 3.63. The van der Waals surface area contributed by atoms with Crippen molar-refractivity contribution in [1.82, 2.24) is 10.2 Å². The lowest BCUT2D eigenvalue weighted by molar-refractivity contribution is -0.0380. The molecule has 0 spiro atoms. The topological polar surface area (TPSA) is 24.5 Å². The fourth-order valence-electron chi connectivity index (χ4n) is 2.60. The first kappa shape index (κ1) is 16.9. The Morgan fingerprint density at radius 1 is 1.16 bits per heavy atom. The molecule has 19 heavy (non-hydrogen) atoms. The van der Waals surface area contributed by atoms with Crippen LogP contribution in [0.1, 0.15) is 53.9 Å². The van der Waals surface area contributed by atoms with E-state index in [1.807, 2.05) is 0 Å². The van der Waals surface area contributed by atoms with E-state index in [1.54, 1.807) is 0 Å². The van der Waals surface area contributed by atoms with E-state index in [9.17, 15) is 0 Å². The minimum absolute atomic E-state index is 0.365. The SMILES string of the molecule is CC(C)CCCC(C)NCC1CN(C(C)C)CCO1. The lowest BCUT2D eigenvalue weighted by Gasteiger charge is -2.36. The Bertz CT molecular complexity index is 231. The fourth-order valence-corrected chi connectivity index (χ4v) is 2.60. The monoisotopic (exact) mass is 270 g/mol. The Morgan fingerprint density at radius 3 is 2.53 bits per heavy atom. The van der Waals surface area contributed by atoms with Crippen molar-refractivity contribution in [3.8, 4) is 0 Å². The van der Waals surface area contributed by atoms with Crippen LogP contribution < -0.4 is 5.32 Å². The Morgan fingerprint density at radius 2 is 1.89 bits per heavy atom. The summed E-state index contributed by atoms with van der Waals surface area (Å²) in [5.41, 5.74) is 0. The van der Waals surface area contributed by atoms with Gasteiger partial charge in [0.25, 0.3) is 0 Å². The van der Waals surface area contributed by atoms with Crippen molar-refractivity contribution in [2.45, 2.75) is 72.1 Å². The molecule has 1 saturated heterocycles. The van der Waals surface area contributed by atoms with Crippen LogP contribution in [0.25, 0.3) is 0 Å². The van der Waals surface area contributed by atoms with Gasteiger partial charge in [0.2, 0.25) is 0 Å². The third-order valence-corrected chi connectivity index (χ3v) is 4.01. The molecular weight excluding hydrogens is 236 g/mol. The molecule has 1 N–H and O–H groups in total. The molecule has 1 rings (SSSR count). The van der Waals surface area contributed by atoms with Gasteiger partial charge in [-0.3, -0.25) is 4.90 Å². The standard InChI is InChI=1S/C16H34N2O/c1-13(2)7-6-8-15(5)17-11-16-12-18(14(3)4)9-10-19-16/h13-17H,6-12H2,1-5H3. The van der Waals surface area contributed by atoms with Crippen LogP contribution in [0.3, 0.4) is 0 Å². The van der Waals surface area contributed by atoms with Gasteiger partial charge in [-0.05, 0) is 33.1 Å². The molecule has 3 heteroatoms. The van der Waals surface area contributed by atoms with Gasteiger partial charge in [0.15, 0.2) is 0 Å². The maximum Gasteiger partial charge on any atom is 0.0826 e. The van der Waals surface area contributed by atoms with Gasteiger partial charge in [0.1, 0.15) is 0 Å². The molecule has 0 aliphatic carbocycles. The second-order valence-corrected chi connectivity index (χ2v) is 6.72. The molecular formula is C16H34N2O. The number of ether oxygens (including phenoxy) is 1. The van der Waals surface area contributed by atoms with E-state index in [0.29, 0.717) is 18.2 Å². The molecule has 1 heterocycles. The summed E-state index contributed by atoms with van der Waals surface area (Å²) in [5.74, 6) is 0.827. The minimum Gasteiger partial charge on any atom is -0.374 e. The first-order valence-electron chi connectivity index (χ1n) is 8.08. The zero-order valence-corrected chi connectivity index (χ0v) is 13.6. The molecule has 0 aromatic heterocycles. The fraction of sp³-hybridized carbons (Fsp3) is 1.00. The summed E-state index contributed by atoms with van der Waals surface area (Å²) in [7, 11) is 0. The zero-order chi connectivity index (χ0) is 14.3. The van der Waals surface area contributed by atoms with Gasteiger partial charge in [0, 0.05) is 31.7 Å². The molecule has 0 radical (unpaired) electrons. The maximum absolute atomic E-state index is 5.85. The molecule has 2 unspecified atom stereocenters. The summed E-state index contributed by atoms with van der Waals surface area (Å²) in [6, 6.07) is 1.24. The van der Waals surface area contributed by atoms with Crippen molar-refractivity contribution >= 4 is 0 Å². The van der Waals surface area contributed by atoms with Gasteiger partial charge in [-0.2, -0.15) is 0 Å². The van der Waals surface area contributed by atoms with Crippen molar-refractivity contribution in [2.24, 2.45) is 5.92 Å². The van der Waals surface area contributed by atoms with Crippen molar-refractivity contribution in [3.63, 3.8) is 0 Å². The van der Waals surface area contributed by atoms with E-state index in [0.717, 1.165) is 32.2 Å². The number of morpholine rings is 1. The molecule has 1 aliphatic heterocycles. The van der Waals surface area contributed by atoms with Crippen LogP contribution in [-0.2, 0) is 4.74 Å². The van der Waals surface area contributed by atoms with E-state index in [2.05, 4.69) is 44.8 Å². The van der Waals surface area contributed by atoms with Gasteiger partial charge in [-0.25, -0.2) is 0 Å². The third kappa shape index (κ3) is 7.28. The molecule has 1 fully saturated rings. The number of rotatable bonds is 8. The van der Waals surface area contributed by atoms with Crippen LogP contribution in [-0.4, -0.2) is 49.3 Å². The van der Waals surface area contributed by atoms with Crippen LogP contribution in [0.2, 0.25) is 0 Å². The third-order valence-electron chi connectivity index (χ3n) is 4.01. The van der Waals surface area contributed by atoms with Crippen LogP contribution in [0, 0.1) is 5.92 Å². The summed E-state index contributed by atoms with van der Waals surface area (Å²) in [6.07, 6.45) is 4.31. The molecule has 0 amide bonds. The second-order valence-electron chi connectivity index (χ2n) is 6.72. The smallest absolute Gasteiger partial charge is 0.0826 e. The van der Waals surface area contributed by atoms with E-state index >= 15 is 0 Å². The van der Waals surface area contributed by atoms with Crippen molar-refractivity contribution in [1.29, 1.82) is 0 Å². The molecule has 2 atom stereocenters. The van der Waals surface area contributed by atoms with E-state index in [4.69, 9.17) is 4.74 Å². The highest BCUT2D eigenvalue weighted by Gasteiger charge is 2.22. The predicted octanol–water partition coefficient (Wildman–Crippen LogP) is 2.90. The average molecular weight is 270 g/mol. The highest BCUT2D eigenvalue weighted by Crippen LogP contribution is 2.10. The van der Waals surface area contributed by atoms with Gasteiger partial charge < -0.3 is 10.1 Å². The van der Waals surface area contributed by atoms with Crippen LogP contribution in [0.15, 0.2) is 0 Å². The lowest BCUT2D eigenvalue weighted by Crippen LogP contribution is -2.50. The Labute approximate surface area is 120 Å². The van der Waals surface area contributed by atoms with Crippen LogP contribution >= 0.6 is 0 Å². The summed E-state index contributed by atoms with van der Waals surface area (Å²) >= 11 is 0.